The number of benzene rings is 1. The van der Waals surface area contributed by atoms with Crippen molar-refractivity contribution in [2.24, 2.45) is 5.92 Å². The lowest BCUT2D eigenvalue weighted by Crippen LogP contribution is -2.33. The third-order valence-electron chi connectivity index (χ3n) is 3.75. The van der Waals surface area contributed by atoms with E-state index in [-0.39, 0.29) is 17.5 Å². The van der Waals surface area contributed by atoms with E-state index in [2.05, 4.69) is 5.32 Å². The normalized spacial score (nSPS) is 15.7. The molecule has 1 amide bonds. The first-order chi connectivity index (χ1) is 12.8. The molecular weight excluding hydrogens is 391 g/mol. The van der Waals surface area contributed by atoms with Crippen LogP contribution in [0.15, 0.2) is 40.4 Å². The molecule has 27 heavy (non-hydrogen) atoms. The summed E-state index contributed by atoms with van der Waals surface area (Å²) in [5.41, 5.74) is 0.368. The first-order valence-corrected chi connectivity index (χ1v) is 9.13. The topological polar surface area (TPSA) is 54.7 Å². The van der Waals surface area contributed by atoms with Gasteiger partial charge in [-0.05, 0) is 42.4 Å². The molecule has 8 heteroatoms. The molecule has 5 nitrogen and oxygen atoms in total. The molecule has 1 saturated heterocycles. The Labute approximate surface area is 166 Å². The predicted octanol–water partition coefficient (Wildman–Crippen LogP) is 4.36. The van der Waals surface area contributed by atoms with Crippen molar-refractivity contribution in [3.63, 3.8) is 0 Å². The van der Waals surface area contributed by atoms with Gasteiger partial charge in [-0.15, -0.1) is 0 Å². The van der Waals surface area contributed by atoms with Crippen LogP contribution < -0.4 is 10.1 Å². The fourth-order valence-electron chi connectivity index (χ4n) is 2.52. The van der Waals surface area contributed by atoms with Gasteiger partial charge < -0.3 is 14.5 Å². The average molecular weight is 409 g/mol. The zero-order chi connectivity index (χ0) is 19.6. The van der Waals surface area contributed by atoms with Crippen molar-refractivity contribution in [2.75, 3.05) is 6.54 Å². The van der Waals surface area contributed by atoms with E-state index in [1.54, 1.807) is 18.2 Å². The van der Waals surface area contributed by atoms with Gasteiger partial charge in [-0.25, -0.2) is 4.39 Å². The molecule has 3 rings (SSSR count). The number of amides is 1. The molecule has 2 aromatic rings. The molecule has 0 radical (unpaired) electrons. The molecule has 1 aliphatic rings. The van der Waals surface area contributed by atoms with Crippen LogP contribution in [0.1, 0.15) is 25.4 Å². The van der Waals surface area contributed by atoms with E-state index >= 15 is 0 Å². The van der Waals surface area contributed by atoms with Crippen molar-refractivity contribution in [1.82, 2.24) is 10.2 Å². The first-order valence-electron chi connectivity index (χ1n) is 8.34. The largest absolute Gasteiger partial charge is 0.486 e. The number of furan rings is 1. The number of ether oxygens (including phenoxy) is 1. The molecule has 1 aliphatic heterocycles. The van der Waals surface area contributed by atoms with Gasteiger partial charge >= 0.3 is 0 Å². The third-order valence-corrected chi connectivity index (χ3v) is 4.36. The standard InChI is InChI=1S/C19H18ClFN2O3S/c1-11(2)9-23-18(24)17(22-19(23)27)8-13-3-4-14(26-13)10-25-12-5-6-16(21)15(20)7-12/h3-8,11H,9-10H2,1-2H3,(H,22,27)/b17-8+. The molecule has 0 atom stereocenters. The van der Waals surface area contributed by atoms with Crippen LogP contribution in [0.2, 0.25) is 5.02 Å². The lowest BCUT2D eigenvalue weighted by molar-refractivity contribution is -0.122. The van der Waals surface area contributed by atoms with E-state index in [1.165, 1.54) is 23.1 Å². The van der Waals surface area contributed by atoms with E-state index in [4.69, 9.17) is 33.0 Å². The zero-order valence-electron chi connectivity index (χ0n) is 14.8. The maximum Gasteiger partial charge on any atom is 0.276 e. The van der Waals surface area contributed by atoms with Crippen molar-refractivity contribution in [1.29, 1.82) is 0 Å². The molecule has 2 heterocycles. The Morgan fingerprint density at radius 1 is 1.37 bits per heavy atom. The number of hydrogen-bond acceptors (Lipinski definition) is 4. The number of nitrogens with one attached hydrogen (secondary N) is 1. The van der Waals surface area contributed by atoms with Crippen LogP contribution in [0.4, 0.5) is 4.39 Å². The molecule has 1 aromatic heterocycles. The molecule has 1 fully saturated rings. The highest BCUT2D eigenvalue weighted by Gasteiger charge is 2.31. The smallest absolute Gasteiger partial charge is 0.276 e. The SMILES string of the molecule is CC(C)CN1C(=O)/C(=C\c2ccc(COc3ccc(F)c(Cl)c3)o2)NC1=S. The fourth-order valence-corrected chi connectivity index (χ4v) is 2.95. The van der Waals surface area contributed by atoms with Gasteiger partial charge in [0.05, 0.1) is 5.02 Å². The van der Waals surface area contributed by atoms with Gasteiger partial charge in [0.2, 0.25) is 0 Å². The van der Waals surface area contributed by atoms with Gasteiger partial charge in [0.15, 0.2) is 5.11 Å². The fraction of sp³-hybridized carbons (Fsp3) is 0.263. The highest BCUT2D eigenvalue weighted by molar-refractivity contribution is 7.80. The molecule has 142 valence electrons. The second-order valence-electron chi connectivity index (χ2n) is 6.47. The Balaban J connectivity index is 1.65. The number of carbonyl (C=O) groups excluding carboxylic acids is 1. The maximum atomic E-state index is 13.2. The molecular formula is C19H18ClFN2O3S. The van der Waals surface area contributed by atoms with Crippen molar-refractivity contribution < 1.29 is 18.3 Å². The summed E-state index contributed by atoms with van der Waals surface area (Å²) < 4.78 is 24.3. The minimum atomic E-state index is -0.505. The lowest BCUT2D eigenvalue weighted by atomic mass is 10.2. The van der Waals surface area contributed by atoms with Crippen LogP contribution in [0.25, 0.3) is 6.08 Å². The van der Waals surface area contributed by atoms with Crippen LogP contribution in [-0.2, 0) is 11.4 Å². The first kappa shape index (κ1) is 19.4. The molecule has 1 N–H and O–H groups in total. The van der Waals surface area contributed by atoms with E-state index in [1.807, 2.05) is 13.8 Å². The summed E-state index contributed by atoms with van der Waals surface area (Å²) in [6.45, 7) is 4.74. The number of thiocarbonyl (C=S) groups is 1. The number of carbonyl (C=O) groups is 1. The molecule has 0 unspecified atom stereocenters. The Hall–Kier alpha value is -2.38. The zero-order valence-corrected chi connectivity index (χ0v) is 16.4. The van der Waals surface area contributed by atoms with E-state index < -0.39 is 5.82 Å². The van der Waals surface area contributed by atoms with Gasteiger partial charge in [0, 0.05) is 18.7 Å². The summed E-state index contributed by atoms with van der Waals surface area (Å²) in [5, 5.41) is 3.30. The number of nitrogens with zero attached hydrogens (tertiary/aromatic N) is 1. The van der Waals surface area contributed by atoms with Crippen LogP contribution in [0.3, 0.4) is 0 Å². The van der Waals surface area contributed by atoms with Crippen molar-refractivity contribution >= 4 is 40.9 Å². The highest BCUT2D eigenvalue weighted by atomic mass is 35.5. The quantitative estimate of drug-likeness (QED) is 0.568. The average Bonchev–Trinajstić information content (AvgIpc) is 3.16. The van der Waals surface area contributed by atoms with Crippen LogP contribution in [0.5, 0.6) is 5.75 Å². The highest BCUT2D eigenvalue weighted by Crippen LogP contribution is 2.23. The summed E-state index contributed by atoms with van der Waals surface area (Å²) in [6.07, 6.45) is 1.60. The summed E-state index contributed by atoms with van der Waals surface area (Å²) in [6, 6.07) is 7.58. The van der Waals surface area contributed by atoms with Gasteiger partial charge in [-0.3, -0.25) is 9.69 Å². The van der Waals surface area contributed by atoms with Crippen LogP contribution >= 0.6 is 23.8 Å². The van der Waals surface area contributed by atoms with Crippen molar-refractivity contribution in [3.8, 4) is 5.75 Å². The number of halogens is 2. The summed E-state index contributed by atoms with van der Waals surface area (Å²) in [7, 11) is 0. The van der Waals surface area contributed by atoms with E-state index in [9.17, 15) is 9.18 Å². The van der Waals surface area contributed by atoms with Crippen LogP contribution in [0, 0.1) is 11.7 Å². The lowest BCUT2D eigenvalue weighted by Gasteiger charge is -2.15. The molecule has 0 saturated carbocycles. The molecule has 1 aromatic carbocycles. The van der Waals surface area contributed by atoms with E-state index in [0.29, 0.717) is 40.5 Å². The number of rotatable bonds is 6. The Bertz CT molecular complexity index is 910. The Morgan fingerprint density at radius 3 is 2.85 bits per heavy atom. The van der Waals surface area contributed by atoms with Gasteiger partial charge in [-0.1, -0.05) is 25.4 Å². The van der Waals surface area contributed by atoms with Crippen molar-refractivity contribution in [3.05, 3.63) is 58.4 Å². The molecule has 0 spiro atoms. The molecule has 0 aliphatic carbocycles. The van der Waals surface area contributed by atoms with E-state index in [0.717, 1.165) is 0 Å². The minimum absolute atomic E-state index is 0.00916. The summed E-state index contributed by atoms with van der Waals surface area (Å²) in [5.74, 6) is 1.10. The predicted molar refractivity (Wildman–Crippen MR) is 105 cm³/mol. The summed E-state index contributed by atoms with van der Waals surface area (Å²) in [4.78, 5) is 14.0. The molecule has 0 bridgehead atoms. The minimum Gasteiger partial charge on any atom is -0.486 e. The monoisotopic (exact) mass is 408 g/mol. The van der Waals surface area contributed by atoms with Gasteiger partial charge in [0.1, 0.15) is 35.4 Å². The van der Waals surface area contributed by atoms with Gasteiger partial charge in [0.25, 0.3) is 5.91 Å². The second kappa shape index (κ2) is 8.10. The number of hydrogen-bond donors (Lipinski definition) is 1. The van der Waals surface area contributed by atoms with Gasteiger partial charge in [-0.2, -0.15) is 0 Å². The maximum absolute atomic E-state index is 13.2. The second-order valence-corrected chi connectivity index (χ2v) is 7.26. The van der Waals surface area contributed by atoms with Crippen molar-refractivity contribution in [2.45, 2.75) is 20.5 Å². The summed E-state index contributed by atoms with van der Waals surface area (Å²) >= 11 is 10.9. The third kappa shape index (κ3) is 4.67. The Kier molecular flexibility index (Phi) is 5.82. The van der Waals surface area contributed by atoms with Crippen LogP contribution in [-0.4, -0.2) is 22.5 Å². The Morgan fingerprint density at radius 2 is 2.15 bits per heavy atom.